The Hall–Kier alpha value is -1.34. The van der Waals surface area contributed by atoms with Gasteiger partial charge in [0.2, 0.25) is 0 Å². The van der Waals surface area contributed by atoms with E-state index in [-0.39, 0.29) is 6.67 Å². The van der Waals surface area contributed by atoms with E-state index in [4.69, 9.17) is 11.6 Å². The second kappa shape index (κ2) is 9.38. The predicted molar refractivity (Wildman–Crippen MR) is 108 cm³/mol. The lowest BCUT2D eigenvalue weighted by Crippen LogP contribution is -2.07. The Morgan fingerprint density at radius 3 is 2.44 bits per heavy atom. The van der Waals surface area contributed by atoms with Crippen LogP contribution in [0.15, 0.2) is 58.2 Å². The molecule has 0 aromatic heterocycles. The van der Waals surface area contributed by atoms with Crippen LogP contribution >= 0.6 is 11.6 Å². The summed E-state index contributed by atoms with van der Waals surface area (Å²) in [6.07, 6.45) is 6.14. The summed E-state index contributed by atoms with van der Waals surface area (Å²) in [5.74, 6) is 1.03. The van der Waals surface area contributed by atoms with Crippen LogP contribution in [0.3, 0.4) is 0 Å². The Bertz CT molecular complexity index is 673. The molecule has 25 heavy (non-hydrogen) atoms. The molecule has 0 bridgehead atoms. The number of rotatable bonds is 7. The second-order valence-corrected chi connectivity index (χ2v) is 7.60. The van der Waals surface area contributed by atoms with E-state index in [1.165, 1.54) is 27.9 Å². The van der Waals surface area contributed by atoms with E-state index in [1.54, 1.807) is 0 Å². The third-order valence-corrected chi connectivity index (χ3v) is 5.55. The zero-order chi connectivity index (χ0) is 18.4. The van der Waals surface area contributed by atoms with Crippen molar-refractivity contribution >= 4 is 11.6 Å². The minimum atomic E-state index is -0.327. The highest BCUT2D eigenvalue weighted by Crippen LogP contribution is 2.36. The van der Waals surface area contributed by atoms with Gasteiger partial charge in [0.1, 0.15) is 6.67 Å². The average molecular weight is 361 g/mol. The third-order valence-electron chi connectivity index (χ3n) is 5.24. The molecule has 2 rings (SSSR count). The van der Waals surface area contributed by atoms with E-state index in [0.29, 0.717) is 11.8 Å². The zero-order valence-corrected chi connectivity index (χ0v) is 16.7. The first-order chi connectivity index (χ1) is 12.0. The minimum Gasteiger partial charge on any atom is -0.246 e. The smallest absolute Gasteiger partial charge is 0.111 e. The summed E-state index contributed by atoms with van der Waals surface area (Å²) < 4.78 is 13.5. The highest BCUT2D eigenvalue weighted by atomic mass is 35.5. The van der Waals surface area contributed by atoms with E-state index >= 15 is 0 Å². The first-order valence-corrected chi connectivity index (χ1v) is 9.78. The lowest BCUT2D eigenvalue weighted by Gasteiger charge is -2.24. The molecule has 1 unspecified atom stereocenters. The molecule has 0 radical (unpaired) electrons. The van der Waals surface area contributed by atoms with Gasteiger partial charge < -0.3 is 0 Å². The highest BCUT2D eigenvalue weighted by Gasteiger charge is 2.19. The van der Waals surface area contributed by atoms with Gasteiger partial charge in [0, 0.05) is 5.88 Å². The van der Waals surface area contributed by atoms with E-state index < -0.39 is 0 Å². The van der Waals surface area contributed by atoms with Crippen molar-refractivity contribution in [2.24, 2.45) is 0 Å². The molecule has 0 heterocycles. The zero-order valence-electron chi connectivity index (χ0n) is 16.0. The average Bonchev–Trinajstić information content (AvgIpc) is 2.62. The standard InChI is InChI=1S/C23H30ClF/c1-16(2)22(23-18(4)6-5-7-21(23)15-25)13-8-17(3)20-11-9-19(14-24)10-12-20/h6,9-12,17H,5,7-8,13-15H2,1-4H3. The SMILES string of the molecule is CC1=CCCC(CF)=C1C(CCC(C)c1ccc(CCl)cc1)=C(C)C. The summed E-state index contributed by atoms with van der Waals surface area (Å²) >= 11 is 5.88. The Morgan fingerprint density at radius 1 is 1.20 bits per heavy atom. The molecule has 0 aliphatic heterocycles. The van der Waals surface area contributed by atoms with Gasteiger partial charge in [-0.05, 0) is 85.8 Å². The Balaban J connectivity index is 2.16. The van der Waals surface area contributed by atoms with Gasteiger partial charge in [0.25, 0.3) is 0 Å². The van der Waals surface area contributed by atoms with Crippen LogP contribution in [0.4, 0.5) is 4.39 Å². The van der Waals surface area contributed by atoms with Gasteiger partial charge in [0.05, 0.1) is 0 Å². The lowest BCUT2D eigenvalue weighted by atomic mass is 9.82. The van der Waals surface area contributed by atoms with Gasteiger partial charge in [-0.15, -0.1) is 11.6 Å². The molecule has 136 valence electrons. The van der Waals surface area contributed by atoms with Crippen molar-refractivity contribution in [2.45, 2.75) is 65.2 Å². The van der Waals surface area contributed by atoms with E-state index in [1.807, 2.05) is 0 Å². The first-order valence-electron chi connectivity index (χ1n) is 9.24. The quantitative estimate of drug-likeness (QED) is 0.438. The van der Waals surface area contributed by atoms with Gasteiger partial charge in [-0.2, -0.15) is 0 Å². The van der Waals surface area contributed by atoms with E-state index in [2.05, 4.69) is 58.0 Å². The van der Waals surface area contributed by atoms with Crippen LogP contribution in [-0.2, 0) is 5.88 Å². The van der Waals surface area contributed by atoms with Crippen molar-refractivity contribution in [2.75, 3.05) is 6.67 Å². The fraction of sp³-hybridized carbons (Fsp3) is 0.478. The van der Waals surface area contributed by atoms with Crippen LogP contribution in [0, 0.1) is 0 Å². The van der Waals surface area contributed by atoms with Gasteiger partial charge in [-0.25, -0.2) is 4.39 Å². The molecule has 0 spiro atoms. The highest BCUT2D eigenvalue weighted by molar-refractivity contribution is 6.17. The summed E-state index contributed by atoms with van der Waals surface area (Å²) in [7, 11) is 0. The number of halogens is 2. The molecule has 1 atom stereocenters. The monoisotopic (exact) mass is 360 g/mol. The largest absolute Gasteiger partial charge is 0.246 e. The van der Waals surface area contributed by atoms with Crippen molar-refractivity contribution in [1.29, 1.82) is 0 Å². The van der Waals surface area contributed by atoms with Crippen LogP contribution in [-0.4, -0.2) is 6.67 Å². The maximum absolute atomic E-state index is 13.5. The summed E-state index contributed by atoms with van der Waals surface area (Å²) in [4.78, 5) is 0. The molecular formula is C23H30ClF. The predicted octanol–water partition coefficient (Wildman–Crippen LogP) is 7.65. The molecule has 2 heteroatoms. The molecule has 0 fully saturated rings. The molecule has 1 aromatic carbocycles. The van der Waals surface area contributed by atoms with E-state index in [9.17, 15) is 4.39 Å². The van der Waals surface area contributed by atoms with Crippen molar-refractivity contribution in [3.8, 4) is 0 Å². The van der Waals surface area contributed by atoms with Crippen molar-refractivity contribution in [3.05, 3.63) is 69.3 Å². The fourth-order valence-corrected chi connectivity index (χ4v) is 3.82. The molecule has 0 nitrogen and oxygen atoms in total. The van der Waals surface area contributed by atoms with Gasteiger partial charge in [-0.3, -0.25) is 0 Å². The number of benzene rings is 1. The van der Waals surface area contributed by atoms with Crippen LogP contribution in [0.2, 0.25) is 0 Å². The van der Waals surface area contributed by atoms with Crippen molar-refractivity contribution in [1.82, 2.24) is 0 Å². The van der Waals surface area contributed by atoms with Gasteiger partial charge >= 0.3 is 0 Å². The Labute approximate surface area is 157 Å². The first kappa shape index (κ1) is 20.0. The van der Waals surface area contributed by atoms with Crippen LogP contribution in [0.25, 0.3) is 0 Å². The van der Waals surface area contributed by atoms with Gasteiger partial charge in [0.15, 0.2) is 0 Å². The molecule has 1 aliphatic rings. The number of hydrogen-bond acceptors (Lipinski definition) is 0. The van der Waals surface area contributed by atoms with Crippen molar-refractivity contribution < 1.29 is 4.39 Å². The number of allylic oxidation sites excluding steroid dienone is 6. The molecule has 0 amide bonds. The van der Waals surface area contributed by atoms with Crippen molar-refractivity contribution in [3.63, 3.8) is 0 Å². The number of alkyl halides is 2. The molecule has 1 aliphatic carbocycles. The maximum Gasteiger partial charge on any atom is 0.111 e. The molecule has 0 N–H and O–H groups in total. The summed E-state index contributed by atoms with van der Waals surface area (Å²) in [6, 6.07) is 8.59. The summed E-state index contributed by atoms with van der Waals surface area (Å²) in [5.41, 5.74) is 8.56. The van der Waals surface area contributed by atoms with Gasteiger partial charge in [-0.1, -0.05) is 42.8 Å². The molecular weight excluding hydrogens is 331 g/mol. The van der Waals surface area contributed by atoms with Crippen LogP contribution in [0.5, 0.6) is 0 Å². The topological polar surface area (TPSA) is 0 Å². The normalized spacial score (nSPS) is 15.8. The summed E-state index contributed by atoms with van der Waals surface area (Å²) in [6.45, 7) is 8.38. The Kier molecular flexibility index (Phi) is 7.50. The van der Waals surface area contributed by atoms with Crippen LogP contribution < -0.4 is 0 Å². The molecule has 0 saturated carbocycles. The second-order valence-electron chi connectivity index (χ2n) is 7.33. The minimum absolute atomic E-state index is 0.327. The fourth-order valence-electron chi connectivity index (χ4n) is 3.64. The van der Waals surface area contributed by atoms with E-state index in [0.717, 1.165) is 36.8 Å². The third kappa shape index (κ3) is 5.07. The van der Waals surface area contributed by atoms with Crippen LogP contribution in [0.1, 0.15) is 70.4 Å². The molecule has 1 aromatic rings. The Morgan fingerprint density at radius 2 is 1.88 bits per heavy atom. The maximum atomic E-state index is 13.5. The lowest BCUT2D eigenvalue weighted by molar-refractivity contribution is 0.526. The molecule has 0 saturated heterocycles. The summed E-state index contributed by atoms with van der Waals surface area (Å²) in [5, 5.41) is 0. The number of hydrogen-bond donors (Lipinski definition) is 0.